The van der Waals surface area contributed by atoms with Crippen molar-refractivity contribution in [2.75, 3.05) is 27.2 Å². The van der Waals surface area contributed by atoms with Gasteiger partial charge in [0.05, 0.1) is 12.8 Å². The van der Waals surface area contributed by atoms with Crippen molar-refractivity contribution in [3.05, 3.63) is 28.8 Å². The molecule has 4 nitrogen and oxygen atoms in total. The van der Waals surface area contributed by atoms with Gasteiger partial charge in [0.1, 0.15) is 5.75 Å². The SMILES string of the molecule is Cc1ccc(CO)c(C2N(C)CCN2C)c1O. The number of aliphatic hydroxyl groups is 1. The zero-order valence-electron chi connectivity index (χ0n) is 10.6. The first-order chi connectivity index (χ1) is 8.06. The van der Waals surface area contributed by atoms with Gasteiger partial charge < -0.3 is 10.2 Å². The number of phenols is 1. The second kappa shape index (κ2) is 4.64. The molecule has 1 aliphatic rings. The lowest BCUT2D eigenvalue weighted by Gasteiger charge is -2.28. The predicted molar refractivity (Wildman–Crippen MR) is 66.8 cm³/mol. The van der Waals surface area contributed by atoms with Gasteiger partial charge in [-0.25, -0.2) is 0 Å². The molecule has 0 bridgehead atoms. The zero-order valence-corrected chi connectivity index (χ0v) is 10.6. The van der Waals surface area contributed by atoms with Crippen LogP contribution in [0.3, 0.4) is 0 Å². The maximum absolute atomic E-state index is 10.2. The fourth-order valence-electron chi connectivity index (χ4n) is 2.52. The van der Waals surface area contributed by atoms with E-state index >= 15 is 0 Å². The van der Waals surface area contributed by atoms with Crippen LogP contribution in [0.2, 0.25) is 0 Å². The predicted octanol–water partition coefficient (Wildman–Crippen LogP) is 1.07. The third kappa shape index (κ3) is 2.04. The maximum atomic E-state index is 10.2. The molecule has 1 saturated heterocycles. The van der Waals surface area contributed by atoms with Crippen molar-refractivity contribution < 1.29 is 10.2 Å². The standard InChI is InChI=1S/C13H20N2O2/c1-9-4-5-10(8-16)11(12(9)17)13-14(2)6-7-15(13)3/h4-5,13,16-17H,6-8H2,1-3H3. The zero-order chi connectivity index (χ0) is 12.6. The van der Waals surface area contributed by atoms with Crippen LogP contribution in [0.4, 0.5) is 0 Å². The summed E-state index contributed by atoms with van der Waals surface area (Å²) >= 11 is 0. The van der Waals surface area contributed by atoms with Crippen LogP contribution in [-0.2, 0) is 6.61 Å². The van der Waals surface area contributed by atoms with E-state index in [1.54, 1.807) is 0 Å². The van der Waals surface area contributed by atoms with E-state index in [-0.39, 0.29) is 12.8 Å². The van der Waals surface area contributed by atoms with Gasteiger partial charge in [0.25, 0.3) is 0 Å². The Hall–Kier alpha value is -1.10. The summed E-state index contributed by atoms with van der Waals surface area (Å²) in [7, 11) is 4.08. The molecule has 0 aromatic heterocycles. The van der Waals surface area contributed by atoms with Crippen molar-refractivity contribution in [3.63, 3.8) is 0 Å². The normalized spacial score (nSPS) is 19.1. The second-order valence-corrected chi connectivity index (χ2v) is 4.80. The molecule has 1 aromatic rings. The average Bonchev–Trinajstić information content (AvgIpc) is 2.63. The van der Waals surface area contributed by atoms with Gasteiger partial charge in [-0.2, -0.15) is 0 Å². The number of hydrogen-bond donors (Lipinski definition) is 2. The number of phenolic OH excluding ortho intramolecular Hbond substituents is 1. The minimum Gasteiger partial charge on any atom is -0.507 e. The topological polar surface area (TPSA) is 46.9 Å². The van der Waals surface area contributed by atoms with Crippen LogP contribution in [0.25, 0.3) is 0 Å². The first-order valence-corrected chi connectivity index (χ1v) is 5.89. The highest BCUT2D eigenvalue weighted by molar-refractivity contribution is 5.46. The average molecular weight is 236 g/mol. The summed E-state index contributed by atoms with van der Waals surface area (Å²) in [6.07, 6.45) is 0.0528. The lowest BCUT2D eigenvalue weighted by atomic mass is 10.00. The van der Waals surface area contributed by atoms with Gasteiger partial charge in [-0.15, -0.1) is 0 Å². The Kier molecular flexibility index (Phi) is 3.38. The minimum absolute atomic E-state index is 0.0403. The third-order valence-electron chi connectivity index (χ3n) is 3.58. The number of benzene rings is 1. The Balaban J connectivity index is 2.52. The van der Waals surface area contributed by atoms with Crippen molar-refractivity contribution in [3.8, 4) is 5.75 Å². The van der Waals surface area contributed by atoms with Crippen molar-refractivity contribution >= 4 is 0 Å². The maximum Gasteiger partial charge on any atom is 0.124 e. The van der Waals surface area contributed by atoms with Crippen LogP contribution >= 0.6 is 0 Å². The Morgan fingerprint density at radius 1 is 1.24 bits per heavy atom. The smallest absolute Gasteiger partial charge is 0.124 e. The Labute approximate surface area is 102 Å². The van der Waals surface area contributed by atoms with E-state index in [1.807, 2.05) is 33.2 Å². The van der Waals surface area contributed by atoms with Gasteiger partial charge in [-0.3, -0.25) is 9.80 Å². The summed E-state index contributed by atoms with van der Waals surface area (Å²) < 4.78 is 0. The molecule has 1 fully saturated rings. The number of rotatable bonds is 2. The van der Waals surface area contributed by atoms with Gasteiger partial charge in [-0.05, 0) is 32.1 Å². The summed E-state index contributed by atoms with van der Waals surface area (Å²) in [6.45, 7) is 3.79. The minimum atomic E-state index is -0.0403. The number of aliphatic hydroxyl groups excluding tert-OH is 1. The number of hydrogen-bond acceptors (Lipinski definition) is 4. The Bertz CT molecular complexity index is 410. The molecule has 2 N–H and O–H groups in total. The summed E-state index contributed by atoms with van der Waals surface area (Å²) in [5.41, 5.74) is 2.50. The molecule has 17 heavy (non-hydrogen) atoms. The molecule has 0 saturated carbocycles. The summed E-state index contributed by atoms with van der Waals surface area (Å²) in [4.78, 5) is 4.38. The first kappa shape index (κ1) is 12.4. The van der Waals surface area contributed by atoms with Crippen molar-refractivity contribution in [1.82, 2.24) is 9.80 Å². The summed E-state index contributed by atoms with van der Waals surface area (Å²) in [5.74, 6) is 0.308. The number of likely N-dealkylation sites (N-methyl/N-ethyl adjacent to an activating group) is 2. The van der Waals surface area contributed by atoms with Crippen LogP contribution < -0.4 is 0 Å². The number of aromatic hydroxyl groups is 1. The molecule has 2 rings (SSSR count). The van der Waals surface area contributed by atoms with E-state index in [9.17, 15) is 10.2 Å². The molecular formula is C13H20N2O2. The molecule has 0 atom stereocenters. The lowest BCUT2D eigenvalue weighted by molar-refractivity contribution is 0.180. The third-order valence-corrected chi connectivity index (χ3v) is 3.58. The molecule has 4 heteroatoms. The molecule has 0 spiro atoms. The van der Waals surface area contributed by atoms with Crippen molar-refractivity contribution in [2.24, 2.45) is 0 Å². The molecule has 0 radical (unpaired) electrons. The summed E-state index contributed by atoms with van der Waals surface area (Å²) in [5, 5.41) is 19.7. The van der Waals surface area contributed by atoms with Crippen molar-refractivity contribution in [2.45, 2.75) is 19.7 Å². The fraction of sp³-hybridized carbons (Fsp3) is 0.538. The quantitative estimate of drug-likeness (QED) is 0.806. The molecule has 94 valence electrons. The van der Waals surface area contributed by atoms with E-state index in [2.05, 4.69) is 9.80 Å². The molecule has 0 amide bonds. The Morgan fingerprint density at radius 2 is 1.82 bits per heavy atom. The summed E-state index contributed by atoms with van der Waals surface area (Å²) in [6, 6.07) is 3.74. The first-order valence-electron chi connectivity index (χ1n) is 5.89. The largest absolute Gasteiger partial charge is 0.507 e. The van der Waals surface area contributed by atoms with Gasteiger partial charge >= 0.3 is 0 Å². The molecular weight excluding hydrogens is 216 g/mol. The van der Waals surface area contributed by atoms with Crippen LogP contribution in [0, 0.1) is 6.92 Å². The molecule has 0 aliphatic carbocycles. The Morgan fingerprint density at radius 3 is 2.35 bits per heavy atom. The van der Waals surface area contributed by atoms with E-state index in [4.69, 9.17) is 0 Å². The highest BCUT2D eigenvalue weighted by Gasteiger charge is 2.31. The van der Waals surface area contributed by atoms with E-state index in [0.717, 1.165) is 29.8 Å². The number of aryl methyl sites for hydroxylation is 1. The van der Waals surface area contributed by atoms with E-state index in [0.29, 0.717) is 5.75 Å². The molecule has 1 aromatic carbocycles. The number of nitrogens with zero attached hydrogens (tertiary/aromatic N) is 2. The van der Waals surface area contributed by atoms with Crippen LogP contribution in [-0.4, -0.2) is 47.2 Å². The van der Waals surface area contributed by atoms with Gasteiger partial charge in [0.15, 0.2) is 0 Å². The van der Waals surface area contributed by atoms with Gasteiger partial charge in [-0.1, -0.05) is 12.1 Å². The van der Waals surface area contributed by atoms with E-state index < -0.39 is 0 Å². The molecule has 0 unspecified atom stereocenters. The van der Waals surface area contributed by atoms with Crippen molar-refractivity contribution in [1.29, 1.82) is 0 Å². The highest BCUT2D eigenvalue weighted by Crippen LogP contribution is 2.37. The second-order valence-electron chi connectivity index (χ2n) is 4.80. The van der Waals surface area contributed by atoms with Crippen LogP contribution in [0.1, 0.15) is 22.9 Å². The monoisotopic (exact) mass is 236 g/mol. The van der Waals surface area contributed by atoms with E-state index in [1.165, 1.54) is 0 Å². The lowest BCUT2D eigenvalue weighted by Crippen LogP contribution is -2.27. The highest BCUT2D eigenvalue weighted by atomic mass is 16.3. The van der Waals surface area contributed by atoms with Gasteiger partial charge in [0, 0.05) is 18.7 Å². The molecule has 1 aliphatic heterocycles. The van der Waals surface area contributed by atoms with Gasteiger partial charge in [0.2, 0.25) is 0 Å². The van der Waals surface area contributed by atoms with Crippen LogP contribution in [0.5, 0.6) is 5.75 Å². The van der Waals surface area contributed by atoms with Crippen LogP contribution in [0.15, 0.2) is 12.1 Å². The molecule has 1 heterocycles. The fourth-order valence-corrected chi connectivity index (χ4v) is 2.52.